The second-order valence-corrected chi connectivity index (χ2v) is 5.25. The normalized spacial score (nSPS) is 13.4. The Labute approximate surface area is 97.3 Å². The lowest BCUT2D eigenvalue weighted by molar-refractivity contribution is 0.389. The van der Waals surface area contributed by atoms with Gasteiger partial charge in [0.05, 0.1) is 0 Å². The minimum Gasteiger partial charge on any atom is -0.309 e. The molecule has 1 N–H and O–H groups in total. The molecule has 86 valence electrons. The van der Waals surface area contributed by atoms with Crippen LogP contribution in [0.1, 0.15) is 29.8 Å². The number of nitrogens with one attached hydrogen (secondary N) is 1. The smallest absolute Gasteiger partial charge is 0.0388 e. The van der Waals surface area contributed by atoms with Gasteiger partial charge in [-0.25, -0.2) is 0 Å². The maximum absolute atomic E-state index is 3.56. The van der Waals surface area contributed by atoms with Crippen molar-refractivity contribution in [3.63, 3.8) is 0 Å². The molecule has 1 aromatic heterocycles. The van der Waals surface area contributed by atoms with Crippen molar-refractivity contribution in [1.82, 2.24) is 10.2 Å². The van der Waals surface area contributed by atoms with Crippen LogP contribution in [0.2, 0.25) is 0 Å². The highest BCUT2D eigenvalue weighted by molar-refractivity contribution is 7.10. The molecule has 0 saturated carbocycles. The third-order valence-electron chi connectivity index (χ3n) is 2.53. The van der Waals surface area contributed by atoms with Crippen molar-refractivity contribution < 1.29 is 0 Å². The van der Waals surface area contributed by atoms with Crippen LogP contribution in [-0.2, 0) is 0 Å². The second-order valence-electron chi connectivity index (χ2n) is 4.30. The van der Waals surface area contributed by atoms with Gasteiger partial charge in [-0.15, -0.1) is 11.3 Å². The van der Waals surface area contributed by atoms with Crippen LogP contribution in [0.25, 0.3) is 0 Å². The third-order valence-corrected chi connectivity index (χ3v) is 3.73. The van der Waals surface area contributed by atoms with Crippen LogP contribution in [0.3, 0.4) is 0 Å². The molecular formula is C12H22N2S. The fourth-order valence-corrected chi connectivity index (χ4v) is 2.59. The average Bonchev–Trinajstić information content (AvgIpc) is 2.58. The van der Waals surface area contributed by atoms with Gasteiger partial charge in [0.2, 0.25) is 0 Å². The molecule has 1 aromatic rings. The molecule has 1 heterocycles. The van der Waals surface area contributed by atoms with Gasteiger partial charge in [-0.05, 0) is 64.5 Å². The Morgan fingerprint density at radius 2 is 2.20 bits per heavy atom. The Kier molecular flexibility index (Phi) is 5.29. The van der Waals surface area contributed by atoms with Gasteiger partial charge in [-0.1, -0.05) is 0 Å². The van der Waals surface area contributed by atoms with Crippen LogP contribution in [0, 0.1) is 6.92 Å². The Bertz CT molecular complexity index is 281. The van der Waals surface area contributed by atoms with E-state index in [0.717, 1.165) is 13.1 Å². The Morgan fingerprint density at radius 1 is 1.47 bits per heavy atom. The minimum absolute atomic E-state index is 0.493. The zero-order valence-corrected chi connectivity index (χ0v) is 11.0. The Hall–Kier alpha value is -0.380. The van der Waals surface area contributed by atoms with E-state index in [0.29, 0.717) is 6.04 Å². The van der Waals surface area contributed by atoms with Crippen molar-refractivity contribution in [3.05, 3.63) is 21.9 Å². The van der Waals surface area contributed by atoms with Gasteiger partial charge in [0.25, 0.3) is 0 Å². The molecule has 0 saturated heterocycles. The quantitative estimate of drug-likeness (QED) is 0.750. The summed E-state index contributed by atoms with van der Waals surface area (Å²) >= 11 is 1.85. The molecule has 0 radical (unpaired) electrons. The highest BCUT2D eigenvalue weighted by atomic mass is 32.1. The van der Waals surface area contributed by atoms with Gasteiger partial charge in [-0.2, -0.15) is 0 Å². The van der Waals surface area contributed by atoms with E-state index in [1.165, 1.54) is 16.9 Å². The van der Waals surface area contributed by atoms with E-state index in [1.54, 1.807) is 0 Å². The predicted molar refractivity (Wildman–Crippen MR) is 68.6 cm³/mol. The number of aryl methyl sites for hydroxylation is 1. The third kappa shape index (κ3) is 4.33. The van der Waals surface area contributed by atoms with Crippen molar-refractivity contribution in [2.75, 3.05) is 27.2 Å². The maximum Gasteiger partial charge on any atom is 0.0388 e. The molecule has 0 aliphatic rings. The second kappa shape index (κ2) is 6.26. The molecule has 0 aliphatic heterocycles. The first-order valence-electron chi connectivity index (χ1n) is 5.53. The molecule has 15 heavy (non-hydrogen) atoms. The minimum atomic E-state index is 0.493. The van der Waals surface area contributed by atoms with Crippen LogP contribution >= 0.6 is 11.3 Å². The summed E-state index contributed by atoms with van der Waals surface area (Å²) in [7, 11) is 4.24. The summed E-state index contributed by atoms with van der Waals surface area (Å²) in [6.45, 7) is 6.68. The summed E-state index contributed by atoms with van der Waals surface area (Å²) in [6, 6.07) is 2.69. The largest absolute Gasteiger partial charge is 0.309 e. The average molecular weight is 226 g/mol. The van der Waals surface area contributed by atoms with Gasteiger partial charge >= 0.3 is 0 Å². The lowest BCUT2D eigenvalue weighted by Crippen LogP contribution is -2.23. The lowest BCUT2D eigenvalue weighted by atomic mass is 10.2. The van der Waals surface area contributed by atoms with E-state index in [9.17, 15) is 0 Å². The molecule has 3 heteroatoms. The number of nitrogens with zero attached hydrogens (tertiary/aromatic N) is 1. The van der Waals surface area contributed by atoms with Gasteiger partial charge in [0.15, 0.2) is 0 Å². The maximum atomic E-state index is 3.56. The summed E-state index contributed by atoms with van der Waals surface area (Å²) in [5.41, 5.74) is 1.41. The Morgan fingerprint density at radius 3 is 2.73 bits per heavy atom. The van der Waals surface area contributed by atoms with E-state index in [1.807, 2.05) is 11.3 Å². The van der Waals surface area contributed by atoms with Gasteiger partial charge in [0.1, 0.15) is 0 Å². The summed E-state index contributed by atoms with van der Waals surface area (Å²) in [4.78, 5) is 3.70. The number of hydrogen-bond donors (Lipinski definition) is 1. The molecule has 0 bridgehead atoms. The van der Waals surface area contributed by atoms with Crippen LogP contribution in [0.15, 0.2) is 11.4 Å². The molecule has 1 atom stereocenters. The molecule has 0 spiro atoms. The van der Waals surface area contributed by atoms with Gasteiger partial charge in [0, 0.05) is 10.9 Å². The van der Waals surface area contributed by atoms with Gasteiger partial charge < -0.3 is 10.2 Å². The molecule has 0 aliphatic carbocycles. The zero-order valence-electron chi connectivity index (χ0n) is 10.2. The number of rotatable bonds is 6. The van der Waals surface area contributed by atoms with E-state index >= 15 is 0 Å². The number of thiophene rings is 1. The summed E-state index contributed by atoms with van der Waals surface area (Å²) in [5.74, 6) is 0. The van der Waals surface area contributed by atoms with Crippen LogP contribution < -0.4 is 5.32 Å². The molecule has 0 fully saturated rings. The van der Waals surface area contributed by atoms with E-state index < -0.39 is 0 Å². The topological polar surface area (TPSA) is 15.3 Å². The van der Waals surface area contributed by atoms with Crippen molar-refractivity contribution in [2.45, 2.75) is 26.3 Å². The summed E-state index contributed by atoms with van der Waals surface area (Å²) in [5, 5.41) is 5.73. The summed E-state index contributed by atoms with van der Waals surface area (Å²) in [6.07, 6.45) is 1.21. The highest BCUT2D eigenvalue weighted by Crippen LogP contribution is 2.23. The first kappa shape index (κ1) is 12.7. The fourth-order valence-electron chi connectivity index (χ4n) is 1.63. The van der Waals surface area contributed by atoms with E-state index in [2.05, 4.69) is 49.6 Å². The molecule has 0 amide bonds. The number of hydrogen-bond acceptors (Lipinski definition) is 3. The standard InChI is InChI=1S/C12H22N2S/c1-10-6-9-15-12(10)11(2)13-7-5-8-14(3)4/h6,9,11,13H,5,7-8H2,1-4H3/t11-/m0/s1. The van der Waals surface area contributed by atoms with Crippen molar-refractivity contribution in [1.29, 1.82) is 0 Å². The Balaban J connectivity index is 2.25. The predicted octanol–water partition coefficient (Wildman–Crippen LogP) is 2.66. The monoisotopic (exact) mass is 226 g/mol. The zero-order chi connectivity index (χ0) is 11.3. The van der Waals surface area contributed by atoms with Crippen molar-refractivity contribution in [3.8, 4) is 0 Å². The summed E-state index contributed by atoms with van der Waals surface area (Å²) < 4.78 is 0. The SMILES string of the molecule is Cc1ccsc1[C@H](C)NCCCN(C)C. The fraction of sp³-hybridized carbons (Fsp3) is 0.667. The molecule has 0 unspecified atom stereocenters. The lowest BCUT2D eigenvalue weighted by Gasteiger charge is -2.15. The van der Waals surface area contributed by atoms with Crippen LogP contribution in [0.4, 0.5) is 0 Å². The van der Waals surface area contributed by atoms with Crippen molar-refractivity contribution in [2.24, 2.45) is 0 Å². The molecule has 1 rings (SSSR count). The molecule has 0 aromatic carbocycles. The van der Waals surface area contributed by atoms with Crippen molar-refractivity contribution >= 4 is 11.3 Å². The first-order valence-corrected chi connectivity index (χ1v) is 6.41. The van der Waals surface area contributed by atoms with Crippen LogP contribution in [-0.4, -0.2) is 32.1 Å². The molecule has 2 nitrogen and oxygen atoms in total. The first-order chi connectivity index (χ1) is 7.11. The van der Waals surface area contributed by atoms with E-state index in [4.69, 9.17) is 0 Å². The molecular weight excluding hydrogens is 204 g/mol. The van der Waals surface area contributed by atoms with Gasteiger partial charge in [-0.3, -0.25) is 0 Å². The van der Waals surface area contributed by atoms with Crippen LogP contribution in [0.5, 0.6) is 0 Å². The van der Waals surface area contributed by atoms with E-state index in [-0.39, 0.29) is 0 Å². The highest BCUT2D eigenvalue weighted by Gasteiger charge is 2.08.